The first-order chi connectivity index (χ1) is 9.51. The summed E-state index contributed by atoms with van der Waals surface area (Å²) in [6.07, 6.45) is 1.97. The van der Waals surface area contributed by atoms with E-state index in [1.165, 1.54) is 0 Å². The van der Waals surface area contributed by atoms with Crippen molar-refractivity contribution >= 4 is 5.91 Å². The third-order valence-electron chi connectivity index (χ3n) is 2.84. The van der Waals surface area contributed by atoms with Crippen LogP contribution in [0.15, 0.2) is 24.3 Å². The number of benzene rings is 1. The second-order valence-corrected chi connectivity index (χ2v) is 5.33. The van der Waals surface area contributed by atoms with Crippen molar-refractivity contribution in [2.75, 3.05) is 6.61 Å². The standard InChI is InChI=1S/C16H25NO3/c1-12(2)20-15-8-4-7-14(10-15)11-16(19)17-13(3)6-5-9-18/h4,7-8,10,12-13,18H,5-6,9,11H2,1-3H3,(H,17,19). The highest BCUT2D eigenvalue weighted by Crippen LogP contribution is 2.15. The molecule has 0 aliphatic heterocycles. The third kappa shape index (κ3) is 6.57. The summed E-state index contributed by atoms with van der Waals surface area (Å²) in [6, 6.07) is 7.70. The van der Waals surface area contributed by atoms with Crippen LogP contribution in [0.4, 0.5) is 0 Å². The van der Waals surface area contributed by atoms with Crippen LogP contribution in [0.2, 0.25) is 0 Å². The molecule has 0 bridgehead atoms. The average Bonchev–Trinajstić information content (AvgIpc) is 2.35. The van der Waals surface area contributed by atoms with Gasteiger partial charge in [-0.25, -0.2) is 0 Å². The lowest BCUT2D eigenvalue weighted by Gasteiger charge is -2.14. The maximum Gasteiger partial charge on any atom is 0.224 e. The zero-order valence-corrected chi connectivity index (χ0v) is 12.6. The lowest BCUT2D eigenvalue weighted by molar-refractivity contribution is -0.121. The molecule has 1 unspecified atom stereocenters. The summed E-state index contributed by atoms with van der Waals surface area (Å²) in [7, 11) is 0. The first-order valence-corrected chi connectivity index (χ1v) is 7.17. The predicted molar refractivity (Wildman–Crippen MR) is 79.8 cm³/mol. The lowest BCUT2D eigenvalue weighted by atomic mass is 10.1. The molecule has 1 atom stereocenters. The smallest absolute Gasteiger partial charge is 0.224 e. The van der Waals surface area contributed by atoms with Crippen molar-refractivity contribution in [3.8, 4) is 5.75 Å². The van der Waals surface area contributed by atoms with Crippen LogP contribution in [0.1, 0.15) is 39.2 Å². The number of hydrogen-bond acceptors (Lipinski definition) is 3. The van der Waals surface area contributed by atoms with Crippen LogP contribution >= 0.6 is 0 Å². The summed E-state index contributed by atoms with van der Waals surface area (Å²) in [6.45, 7) is 6.06. The molecular weight excluding hydrogens is 254 g/mol. The predicted octanol–water partition coefficient (Wildman–Crippen LogP) is 2.29. The molecule has 0 aliphatic rings. The quantitative estimate of drug-likeness (QED) is 0.767. The number of aliphatic hydroxyl groups excluding tert-OH is 1. The molecule has 4 heteroatoms. The number of amides is 1. The monoisotopic (exact) mass is 279 g/mol. The van der Waals surface area contributed by atoms with E-state index >= 15 is 0 Å². The van der Waals surface area contributed by atoms with E-state index in [-0.39, 0.29) is 24.7 Å². The van der Waals surface area contributed by atoms with Gasteiger partial charge in [0, 0.05) is 12.6 Å². The minimum absolute atomic E-state index is 0.00265. The van der Waals surface area contributed by atoms with Crippen LogP contribution in [0.25, 0.3) is 0 Å². The minimum Gasteiger partial charge on any atom is -0.491 e. The fourth-order valence-corrected chi connectivity index (χ4v) is 1.98. The van der Waals surface area contributed by atoms with E-state index in [2.05, 4.69) is 5.32 Å². The topological polar surface area (TPSA) is 58.6 Å². The van der Waals surface area contributed by atoms with Gasteiger partial charge in [-0.1, -0.05) is 12.1 Å². The highest BCUT2D eigenvalue weighted by Gasteiger charge is 2.08. The molecule has 0 aromatic heterocycles. The van der Waals surface area contributed by atoms with Gasteiger partial charge in [-0.05, 0) is 51.3 Å². The molecule has 0 spiro atoms. The summed E-state index contributed by atoms with van der Waals surface area (Å²) in [4.78, 5) is 11.9. The Kier molecular flexibility index (Phi) is 7.09. The molecule has 1 aromatic carbocycles. The molecular formula is C16H25NO3. The zero-order valence-electron chi connectivity index (χ0n) is 12.6. The van der Waals surface area contributed by atoms with E-state index < -0.39 is 0 Å². The first kappa shape index (κ1) is 16.5. The molecule has 4 nitrogen and oxygen atoms in total. The number of aliphatic hydroxyl groups is 1. The molecule has 1 rings (SSSR count). The molecule has 2 N–H and O–H groups in total. The van der Waals surface area contributed by atoms with Crippen molar-refractivity contribution in [3.63, 3.8) is 0 Å². The Hall–Kier alpha value is -1.55. The molecule has 0 saturated heterocycles. The van der Waals surface area contributed by atoms with Gasteiger partial charge >= 0.3 is 0 Å². The number of rotatable bonds is 8. The Morgan fingerprint density at radius 1 is 1.35 bits per heavy atom. The van der Waals surface area contributed by atoms with Crippen molar-refractivity contribution in [3.05, 3.63) is 29.8 Å². The van der Waals surface area contributed by atoms with Gasteiger partial charge in [0.25, 0.3) is 0 Å². The molecule has 0 fully saturated rings. The largest absolute Gasteiger partial charge is 0.491 e. The molecule has 0 aliphatic carbocycles. The second kappa shape index (κ2) is 8.59. The number of hydrogen-bond donors (Lipinski definition) is 2. The average molecular weight is 279 g/mol. The molecule has 20 heavy (non-hydrogen) atoms. The normalized spacial score (nSPS) is 12.2. The van der Waals surface area contributed by atoms with E-state index in [1.807, 2.05) is 45.0 Å². The van der Waals surface area contributed by atoms with Gasteiger partial charge in [0.15, 0.2) is 0 Å². The van der Waals surface area contributed by atoms with E-state index in [0.29, 0.717) is 12.8 Å². The van der Waals surface area contributed by atoms with Crippen LogP contribution in [0.5, 0.6) is 5.75 Å². The van der Waals surface area contributed by atoms with Gasteiger partial charge in [0.05, 0.1) is 12.5 Å². The van der Waals surface area contributed by atoms with Gasteiger partial charge in [-0.15, -0.1) is 0 Å². The Labute approximate surface area is 121 Å². The first-order valence-electron chi connectivity index (χ1n) is 7.17. The summed E-state index contributed by atoms with van der Waals surface area (Å²) in [5, 5.41) is 11.7. The van der Waals surface area contributed by atoms with Crippen LogP contribution in [-0.4, -0.2) is 29.8 Å². The zero-order chi connectivity index (χ0) is 15.0. The fraction of sp³-hybridized carbons (Fsp3) is 0.562. The Morgan fingerprint density at radius 2 is 2.10 bits per heavy atom. The van der Waals surface area contributed by atoms with Crippen LogP contribution in [0.3, 0.4) is 0 Å². The molecule has 0 heterocycles. The van der Waals surface area contributed by atoms with Crippen LogP contribution in [-0.2, 0) is 11.2 Å². The number of ether oxygens (including phenoxy) is 1. The van der Waals surface area contributed by atoms with E-state index in [0.717, 1.165) is 17.7 Å². The Morgan fingerprint density at radius 3 is 2.75 bits per heavy atom. The maximum atomic E-state index is 11.9. The number of carbonyl (C=O) groups excluding carboxylic acids is 1. The van der Waals surface area contributed by atoms with Crippen molar-refractivity contribution in [1.82, 2.24) is 5.32 Å². The molecule has 112 valence electrons. The Balaban J connectivity index is 2.49. The summed E-state index contributed by atoms with van der Waals surface area (Å²) in [5.41, 5.74) is 0.940. The third-order valence-corrected chi connectivity index (χ3v) is 2.84. The van der Waals surface area contributed by atoms with Gasteiger partial charge in [-0.3, -0.25) is 4.79 Å². The van der Waals surface area contributed by atoms with E-state index in [4.69, 9.17) is 9.84 Å². The second-order valence-electron chi connectivity index (χ2n) is 5.33. The highest BCUT2D eigenvalue weighted by molar-refractivity contribution is 5.78. The summed E-state index contributed by atoms with van der Waals surface area (Å²) < 4.78 is 5.61. The van der Waals surface area contributed by atoms with Crippen molar-refractivity contribution in [2.24, 2.45) is 0 Å². The highest BCUT2D eigenvalue weighted by atomic mass is 16.5. The molecule has 0 radical (unpaired) electrons. The SMILES string of the molecule is CC(CCCO)NC(=O)Cc1cccc(OC(C)C)c1. The van der Waals surface area contributed by atoms with Crippen LogP contribution < -0.4 is 10.1 Å². The molecule has 0 saturated carbocycles. The van der Waals surface area contributed by atoms with Gasteiger partial charge in [0.2, 0.25) is 5.91 Å². The van der Waals surface area contributed by atoms with E-state index in [9.17, 15) is 4.79 Å². The van der Waals surface area contributed by atoms with Gasteiger partial charge in [-0.2, -0.15) is 0 Å². The fourth-order valence-electron chi connectivity index (χ4n) is 1.98. The lowest BCUT2D eigenvalue weighted by Crippen LogP contribution is -2.33. The van der Waals surface area contributed by atoms with Crippen molar-refractivity contribution in [1.29, 1.82) is 0 Å². The van der Waals surface area contributed by atoms with Crippen molar-refractivity contribution < 1.29 is 14.6 Å². The van der Waals surface area contributed by atoms with Crippen LogP contribution in [0, 0.1) is 0 Å². The summed E-state index contributed by atoms with van der Waals surface area (Å²) >= 11 is 0. The molecule has 1 aromatic rings. The minimum atomic E-state index is -0.00265. The maximum absolute atomic E-state index is 11.9. The summed E-state index contributed by atoms with van der Waals surface area (Å²) in [5.74, 6) is 0.788. The molecule has 1 amide bonds. The van der Waals surface area contributed by atoms with Gasteiger partial charge in [0.1, 0.15) is 5.75 Å². The van der Waals surface area contributed by atoms with Crippen molar-refractivity contribution in [2.45, 2.75) is 52.2 Å². The van der Waals surface area contributed by atoms with E-state index in [1.54, 1.807) is 0 Å². The number of nitrogens with one attached hydrogen (secondary N) is 1. The number of carbonyl (C=O) groups is 1. The van der Waals surface area contributed by atoms with Gasteiger partial charge < -0.3 is 15.2 Å². The Bertz CT molecular complexity index is 418.